The molecule has 2 aromatic heterocycles. The minimum absolute atomic E-state index is 0.0227. The number of nitrogens with one attached hydrogen (secondary N) is 1. The van der Waals surface area contributed by atoms with Crippen molar-refractivity contribution in [2.24, 2.45) is 0 Å². The van der Waals surface area contributed by atoms with Crippen LogP contribution in [0.1, 0.15) is 26.4 Å². The third-order valence-corrected chi connectivity index (χ3v) is 3.85. The van der Waals surface area contributed by atoms with Gasteiger partial charge in [0.25, 0.3) is 5.91 Å². The number of nitrogens with zero attached hydrogens (tertiary/aromatic N) is 3. The third kappa shape index (κ3) is 3.48. The molecular weight excluding hydrogens is 346 g/mol. The second-order valence-corrected chi connectivity index (χ2v) is 5.52. The van der Waals surface area contributed by atoms with Crippen molar-refractivity contribution in [3.63, 3.8) is 0 Å². The van der Waals surface area contributed by atoms with Crippen LogP contribution in [-0.4, -0.2) is 28.5 Å². The van der Waals surface area contributed by atoms with Crippen molar-refractivity contribution in [1.29, 1.82) is 5.26 Å². The number of amides is 1. The van der Waals surface area contributed by atoms with Crippen LogP contribution in [0.3, 0.4) is 0 Å². The molecule has 2 heterocycles. The fraction of sp³-hybridized carbons (Fsp3) is 0.0526. The topological polar surface area (TPSA) is 123 Å². The van der Waals surface area contributed by atoms with Gasteiger partial charge in [-0.2, -0.15) is 5.26 Å². The van der Waals surface area contributed by atoms with Gasteiger partial charge in [-0.1, -0.05) is 6.07 Å². The number of hydrogen-bond donors (Lipinski definition) is 2. The van der Waals surface area contributed by atoms with Crippen molar-refractivity contribution < 1.29 is 14.3 Å². The lowest BCUT2D eigenvalue weighted by molar-refractivity contribution is 0.0593. The molecule has 0 saturated carbocycles. The van der Waals surface area contributed by atoms with Gasteiger partial charge in [0.2, 0.25) is 0 Å². The first-order chi connectivity index (χ1) is 13.0. The number of rotatable bonds is 4. The smallest absolute Gasteiger partial charge is 0.357 e. The minimum Gasteiger partial charge on any atom is -0.464 e. The number of carbonyl (C=O) groups is 2. The van der Waals surface area contributed by atoms with Gasteiger partial charge in [-0.05, 0) is 30.3 Å². The molecule has 8 heteroatoms. The first-order valence-corrected chi connectivity index (χ1v) is 7.86. The summed E-state index contributed by atoms with van der Waals surface area (Å²) in [5.74, 6) is -1.02. The van der Waals surface area contributed by atoms with E-state index >= 15 is 0 Å². The van der Waals surface area contributed by atoms with Gasteiger partial charge in [0.05, 0.1) is 30.2 Å². The highest BCUT2D eigenvalue weighted by Crippen LogP contribution is 2.25. The number of nitriles is 1. The van der Waals surface area contributed by atoms with E-state index in [0.29, 0.717) is 16.9 Å². The molecule has 0 aliphatic rings. The minimum atomic E-state index is -0.681. The molecule has 1 amide bonds. The Hall–Kier alpha value is -4.12. The lowest BCUT2D eigenvalue weighted by atomic mass is 10.1. The fourth-order valence-corrected chi connectivity index (χ4v) is 2.56. The van der Waals surface area contributed by atoms with Crippen LogP contribution in [0.25, 0.3) is 5.69 Å². The number of methoxy groups -OCH3 is 1. The molecule has 3 aromatic rings. The van der Waals surface area contributed by atoms with Gasteiger partial charge in [0.15, 0.2) is 5.69 Å². The van der Waals surface area contributed by atoms with Crippen molar-refractivity contribution in [3.8, 4) is 11.8 Å². The second-order valence-electron chi connectivity index (χ2n) is 5.52. The first-order valence-electron chi connectivity index (χ1n) is 7.86. The summed E-state index contributed by atoms with van der Waals surface area (Å²) in [6, 6.07) is 11.9. The summed E-state index contributed by atoms with van der Waals surface area (Å²) in [5, 5.41) is 11.9. The summed E-state index contributed by atoms with van der Waals surface area (Å²) in [6.45, 7) is 0. The van der Waals surface area contributed by atoms with Crippen molar-refractivity contribution >= 4 is 23.3 Å². The second kappa shape index (κ2) is 7.41. The molecule has 0 radical (unpaired) electrons. The van der Waals surface area contributed by atoms with E-state index in [2.05, 4.69) is 10.3 Å². The first kappa shape index (κ1) is 17.7. The van der Waals surface area contributed by atoms with Crippen LogP contribution in [0.4, 0.5) is 11.4 Å². The Morgan fingerprint density at radius 3 is 2.78 bits per heavy atom. The molecule has 3 rings (SSSR count). The fourth-order valence-electron chi connectivity index (χ4n) is 2.56. The predicted molar refractivity (Wildman–Crippen MR) is 98.4 cm³/mol. The number of benzene rings is 1. The van der Waals surface area contributed by atoms with Gasteiger partial charge >= 0.3 is 5.97 Å². The predicted octanol–water partition coefficient (Wildman–Crippen LogP) is 2.37. The zero-order chi connectivity index (χ0) is 19.4. The summed E-state index contributed by atoms with van der Waals surface area (Å²) < 4.78 is 6.19. The number of pyridine rings is 1. The van der Waals surface area contributed by atoms with Crippen LogP contribution >= 0.6 is 0 Å². The standard InChI is InChI=1S/C19H15N5O3/c1-27-19(26)17-16(21)13(9-20)11-24(17)15-6-2-4-12(8-15)18(25)23-14-5-3-7-22-10-14/h2-8,10-11H,21H2,1H3,(H,23,25). The lowest BCUT2D eigenvalue weighted by Crippen LogP contribution is -2.14. The Labute approximate surface area is 154 Å². The number of hydrogen-bond acceptors (Lipinski definition) is 6. The molecule has 0 aliphatic heterocycles. The quantitative estimate of drug-likeness (QED) is 0.688. The van der Waals surface area contributed by atoms with E-state index in [1.54, 1.807) is 42.6 Å². The summed E-state index contributed by atoms with van der Waals surface area (Å²) in [5.41, 5.74) is 7.49. The Morgan fingerprint density at radius 1 is 1.30 bits per heavy atom. The molecule has 1 aromatic carbocycles. The maximum atomic E-state index is 12.5. The molecule has 134 valence electrons. The number of esters is 1. The van der Waals surface area contributed by atoms with Gasteiger partial charge in [0, 0.05) is 23.6 Å². The highest BCUT2D eigenvalue weighted by atomic mass is 16.5. The molecule has 3 N–H and O–H groups in total. The molecule has 0 atom stereocenters. The Balaban J connectivity index is 2.00. The zero-order valence-corrected chi connectivity index (χ0v) is 14.3. The van der Waals surface area contributed by atoms with Crippen LogP contribution in [0.2, 0.25) is 0 Å². The number of ether oxygens (including phenoxy) is 1. The molecule has 0 saturated heterocycles. The molecule has 0 spiro atoms. The van der Waals surface area contributed by atoms with Gasteiger partial charge in [-0.3, -0.25) is 9.78 Å². The largest absolute Gasteiger partial charge is 0.464 e. The van der Waals surface area contributed by atoms with Crippen LogP contribution in [0, 0.1) is 11.3 Å². The molecule has 0 unspecified atom stereocenters. The van der Waals surface area contributed by atoms with Crippen LogP contribution in [0.15, 0.2) is 55.0 Å². The SMILES string of the molecule is COC(=O)c1c(N)c(C#N)cn1-c1cccc(C(=O)Nc2cccnc2)c1. The van der Waals surface area contributed by atoms with Gasteiger partial charge < -0.3 is 20.4 Å². The van der Waals surface area contributed by atoms with Crippen molar-refractivity contribution in [2.45, 2.75) is 0 Å². The normalized spacial score (nSPS) is 10.1. The van der Waals surface area contributed by atoms with Gasteiger partial charge in [0.1, 0.15) is 6.07 Å². The van der Waals surface area contributed by atoms with E-state index in [-0.39, 0.29) is 22.9 Å². The van der Waals surface area contributed by atoms with Crippen molar-refractivity contribution in [1.82, 2.24) is 9.55 Å². The number of carbonyl (C=O) groups excluding carboxylic acids is 2. The Kier molecular flexibility index (Phi) is 4.86. The van der Waals surface area contributed by atoms with Gasteiger partial charge in [-0.25, -0.2) is 4.79 Å². The monoisotopic (exact) mass is 361 g/mol. The van der Waals surface area contributed by atoms with E-state index < -0.39 is 5.97 Å². The lowest BCUT2D eigenvalue weighted by Gasteiger charge is -2.10. The summed E-state index contributed by atoms with van der Waals surface area (Å²) in [7, 11) is 1.23. The molecule has 0 aliphatic carbocycles. The van der Waals surface area contributed by atoms with Crippen LogP contribution < -0.4 is 11.1 Å². The van der Waals surface area contributed by atoms with Crippen LogP contribution in [-0.2, 0) is 4.74 Å². The number of anilines is 2. The third-order valence-electron chi connectivity index (χ3n) is 3.85. The van der Waals surface area contributed by atoms with E-state index in [1.807, 2.05) is 6.07 Å². The van der Waals surface area contributed by atoms with Crippen LogP contribution in [0.5, 0.6) is 0 Å². The van der Waals surface area contributed by atoms with Crippen molar-refractivity contribution in [3.05, 3.63) is 71.8 Å². The number of nitrogen functional groups attached to an aromatic ring is 1. The molecular formula is C19H15N5O3. The molecule has 0 fully saturated rings. The Bertz CT molecular complexity index is 1050. The molecule has 0 bridgehead atoms. The summed E-state index contributed by atoms with van der Waals surface area (Å²) in [6.07, 6.45) is 4.57. The van der Waals surface area contributed by atoms with Gasteiger partial charge in [-0.15, -0.1) is 0 Å². The zero-order valence-electron chi connectivity index (χ0n) is 14.3. The van der Waals surface area contributed by atoms with Crippen molar-refractivity contribution in [2.75, 3.05) is 18.2 Å². The van der Waals surface area contributed by atoms with E-state index in [9.17, 15) is 14.9 Å². The highest BCUT2D eigenvalue weighted by molar-refractivity contribution is 6.04. The van der Waals surface area contributed by atoms with E-state index in [4.69, 9.17) is 10.5 Å². The highest BCUT2D eigenvalue weighted by Gasteiger charge is 2.22. The average molecular weight is 361 g/mol. The number of nitrogens with two attached hydrogens (primary N) is 1. The Morgan fingerprint density at radius 2 is 2.11 bits per heavy atom. The molecule has 27 heavy (non-hydrogen) atoms. The van der Waals surface area contributed by atoms with E-state index in [0.717, 1.165) is 0 Å². The maximum absolute atomic E-state index is 12.5. The van der Waals surface area contributed by atoms with E-state index in [1.165, 1.54) is 24.1 Å². The number of aromatic nitrogens is 2. The summed E-state index contributed by atoms with van der Waals surface area (Å²) >= 11 is 0. The maximum Gasteiger partial charge on any atom is 0.357 e. The average Bonchev–Trinajstić information content (AvgIpc) is 3.04. The molecule has 8 nitrogen and oxygen atoms in total. The summed E-state index contributed by atoms with van der Waals surface area (Å²) in [4.78, 5) is 28.5.